The summed E-state index contributed by atoms with van der Waals surface area (Å²) in [5.41, 5.74) is 3.59. The van der Waals surface area contributed by atoms with Crippen LogP contribution < -0.4 is 9.21 Å². The SMILES string of the molecule is Cc1ccc(N([C@@H](C)C(=O)N2CCN(c3cccc(Cl)c3)CC2)S(C)(=O)=O)cc1C. The van der Waals surface area contributed by atoms with Gasteiger partial charge in [0.1, 0.15) is 6.04 Å². The zero-order valence-electron chi connectivity index (χ0n) is 17.8. The van der Waals surface area contributed by atoms with Gasteiger partial charge in [0.05, 0.1) is 11.9 Å². The van der Waals surface area contributed by atoms with E-state index < -0.39 is 16.1 Å². The second-order valence-corrected chi connectivity index (χ2v) is 10.1. The zero-order valence-corrected chi connectivity index (χ0v) is 19.4. The summed E-state index contributed by atoms with van der Waals surface area (Å²) < 4.78 is 26.3. The van der Waals surface area contributed by atoms with E-state index in [0.29, 0.717) is 36.9 Å². The second-order valence-electron chi connectivity index (χ2n) is 7.80. The molecule has 162 valence electrons. The van der Waals surface area contributed by atoms with Crippen molar-refractivity contribution in [2.75, 3.05) is 41.6 Å². The molecule has 0 spiro atoms. The molecule has 6 nitrogen and oxygen atoms in total. The van der Waals surface area contributed by atoms with Gasteiger partial charge in [0.15, 0.2) is 0 Å². The fourth-order valence-corrected chi connectivity index (χ4v) is 5.13. The lowest BCUT2D eigenvalue weighted by atomic mass is 10.1. The third kappa shape index (κ3) is 4.90. The van der Waals surface area contributed by atoms with Gasteiger partial charge in [0.2, 0.25) is 15.9 Å². The number of aryl methyl sites for hydroxylation is 2. The van der Waals surface area contributed by atoms with Gasteiger partial charge < -0.3 is 9.80 Å². The molecule has 0 bridgehead atoms. The number of benzene rings is 2. The highest BCUT2D eigenvalue weighted by molar-refractivity contribution is 7.92. The highest BCUT2D eigenvalue weighted by Crippen LogP contribution is 2.25. The van der Waals surface area contributed by atoms with Crippen molar-refractivity contribution in [3.63, 3.8) is 0 Å². The lowest BCUT2D eigenvalue weighted by molar-refractivity contribution is -0.132. The first kappa shape index (κ1) is 22.4. The first-order valence-corrected chi connectivity index (χ1v) is 12.2. The zero-order chi connectivity index (χ0) is 22.1. The van der Waals surface area contributed by atoms with Gasteiger partial charge in [-0.3, -0.25) is 9.10 Å². The van der Waals surface area contributed by atoms with Crippen molar-refractivity contribution in [2.45, 2.75) is 26.8 Å². The van der Waals surface area contributed by atoms with Crippen molar-refractivity contribution in [3.8, 4) is 0 Å². The maximum atomic E-state index is 13.2. The maximum absolute atomic E-state index is 13.2. The molecule has 0 radical (unpaired) electrons. The number of carbonyl (C=O) groups is 1. The van der Waals surface area contributed by atoms with E-state index in [1.807, 2.05) is 50.2 Å². The molecule has 0 saturated carbocycles. The number of amides is 1. The predicted molar refractivity (Wildman–Crippen MR) is 123 cm³/mol. The van der Waals surface area contributed by atoms with E-state index in [1.165, 1.54) is 4.31 Å². The van der Waals surface area contributed by atoms with Gasteiger partial charge in [-0.2, -0.15) is 0 Å². The number of anilines is 2. The summed E-state index contributed by atoms with van der Waals surface area (Å²) >= 11 is 6.09. The van der Waals surface area contributed by atoms with Gasteiger partial charge in [0, 0.05) is 36.9 Å². The van der Waals surface area contributed by atoms with Crippen LogP contribution in [-0.2, 0) is 14.8 Å². The molecule has 1 aliphatic heterocycles. The number of halogens is 1. The Bertz CT molecular complexity index is 1030. The Morgan fingerprint density at radius 1 is 1.03 bits per heavy atom. The number of nitrogens with zero attached hydrogens (tertiary/aromatic N) is 3. The Morgan fingerprint density at radius 2 is 1.70 bits per heavy atom. The molecule has 1 aliphatic rings. The van der Waals surface area contributed by atoms with E-state index in [1.54, 1.807) is 17.9 Å². The lowest BCUT2D eigenvalue weighted by Gasteiger charge is -2.39. The molecule has 0 N–H and O–H groups in total. The van der Waals surface area contributed by atoms with Gasteiger partial charge in [-0.1, -0.05) is 23.7 Å². The van der Waals surface area contributed by atoms with Gasteiger partial charge in [-0.15, -0.1) is 0 Å². The first-order chi connectivity index (χ1) is 14.1. The van der Waals surface area contributed by atoms with Gasteiger partial charge in [-0.25, -0.2) is 8.42 Å². The smallest absolute Gasteiger partial charge is 0.246 e. The first-order valence-electron chi connectivity index (χ1n) is 9.94. The molecular weight excluding hydrogens is 422 g/mol. The van der Waals surface area contributed by atoms with E-state index >= 15 is 0 Å². The van der Waals surface area contributed by atoms with E-state index in [4.69, 9.17) is 11.6 Å². The third-order valence-corrected chi connectivity index (χ3v) is 7.05. The minimum Gasteiger partial charge on any atom is -0.368 e. The fourth-order valence-electron chi connectivity index (χ4n) is 3.79. The summed E-state index contributed by atoms with van der Waals surface area (Å²) in [7, 11) is -3.63. The van der Waals surface area contributed by atoms with Crippen LogP contribution in [0.2, 0.25) is 5.02 Å². The summed E-state index contributed by atoms with van der Waals surface area (Å²) in [6.07, 6.45) is 1.14. The molecule has 1 amide bonds. The van der Waals surface area contributed by atoms with Crippen molar-refractivity contribution < 1.29 is 13.2 Å². The monoisotopic (exact) mass is 449 g/mol. The molecule has 0 aliphatic carbocycles. The van der Waals surface area contributed by atoms with E-state index in [2.05, 4.69) is 4.90 Å². The van der Waals surface area contributed by atoms with Crippen molar-refractivity contribution >= 4 is 38.9 Å². The summed E-state index contributed by atoms with van der Waals surface area (Å²) in [5.74, 6) is -0.190. The topological polar surface area (TPSA) is 60.9 Å². The molecule has 8 heteroatoms. The maximum Gasteiger partial charge on any atom is 0.246 e. The van der Waals surface area contributed by atoms with Crippen LogP contribution in [0, 0.1) is 13.8 Å². The molecule has 2 aromatic rings. The Morgan fingerprint density at radius 3 is 2.27 bits per heavy atom. The van der Waals surface area contributed by atoms with Crippen LogP contribution in [0.5, 0.6) is 0 Å². The highest BCUT2D eigenvalue weighted by atomic mass is 35.5. The van der Waals surface area contributed by atoms with Crippen LogP contribution in [0.1, 0.15) is 18.1 Å². The van der Waals surface area contributed by atoms with E-state index in [0.717, 1.165) is 23.1 Å². The van der Waals surface area contributed by atoms with Crippen molar-refractivity contribution in [1.29, 1.82) is 0 Å². The summed E-state index contributed by atoms with van der Waals surface area (Å²) in [6.45, 7) is 7.95. The number of carbonyl (C=O) groups excluding carboxylic acids is 1. The molecule has 0 aromatic heterocycles. The van der Waals surface area contributed by atoms with Crippen LogP contribution in [0.4, 0.5) is 11.4 Å². The molecule has 30 heavy (non-hydrogen) atoms. The molecule has 3 rings (SSSR count). The minimum atomic E-state index is -3.63. The minimum absolute atomic E-state index is 0.190. The van der Waals surface area contributed by atoms with Crippen molar-refractivity contribution in [1.82, 2.24) is 4.90 Å². The third-order valence-electron chi connectivity index (χ3n) is 5.58. The average molecular weight is 450 g/mol. The summed E-state index contributed by atoms with van der Waals surface area (Å²) in [5, 5.41) is 0.678. The van der Waals surface area contributed by atoms with Gasteiger partial charge in [-0.05, 0) is 62.2 Å². The van der Waals surface area contributed by atoms with Crippen LogP contribution >= 0.6 is 11.6 Å². The molecule has 1 saturated heterocycles. The Kier molecular flexibility index (Phi) is 6.62. The Hall–Kier alpha value is -2.25. The fraction of sp³-hybridized carbons (Fsp3) is 0.409. The van der Waals surface area contributed by atoms with Gasteiger partial charge >= 0.3 is 0 Å². The molecule has 0 unspecified atom stereocenters. The predicted octanol–water partition coefficient (Wildman–Crippen LogP) is 3.46. The molecule has 1 atom stereocenters. The number of piperazine rings is 1. The van der Waals surface area contributed by atoms with E-state index in [-0.39, 0.29) is 5.91 Å². The Labute approximate surface area is 184 Å². The standard InChI is InChI=1S/C22H28ClN3O3S/c1-16-8-9-21(14-17(16)2)26(30(4,28)29)18(3)22(27)25-12-10-24(11-13-25)20-7-5-6-19(23)15-20/h5-9,14-15,18H,10-13H2,1-4H3/t18-/m0/s1. The summed E-state index contributed by atoms with van der Waals surface area (Å²) in [6, 6.07) is 12.3. The summed E-state index contributed by atoms with van der Waals surface area (Å²) in [4.78, 5) is 17.1. The van der Waals surface area contributed by atoms with Crippen molar-refractivity contribution in [2.24, 2.45) is 0 Å². The van der Waals surface area contributed by atoms with Crippen LogP contribution in [0.15, 0.2) is 42.5 Å². The van der Waals surface area contributed by atoms with Gasteiger partial charge in [0.25, 0.3) is 0 Å². The molecule has 1 heterocycles. The normalized spacial score (nSPS) is 15.8. The number of rotatable bonds is 5. The number of hydrogen-bond donors (Lipinski definition) is 0. The second kappa shape index (κ2) is 8.86. The number of hydrogen-bond acceptors (Lipinski definition) is 4. The quantitative estimate of drug-likeness (QED) is 0.701. The molecule has 1 fully saturated rings. The molecule has 2 aromatic carbocycles. The lowest BCUT2D eigenvalue weighted by Crippen LogP contribution is -2.55. The largest absolute Gasteiger partial charge is 0.368 e. The van der Waals surface area contributed by atoms with Crippen LogP contribution in [0.3, 0.4) is 0 Å². The highest BCUT2D eigenvalue weighted by Gasteiger charge is 2.33. The Balaban J connectivity index is 1.75. The van der Waals surface area contributed by atoms with Crippen LogP contribution in [0.25, 0.3) is 0 Å². The van der Waals surface area contributed by atoms with E-state index in [9.17, 15) is 13.2 Å². The molecular formula is C22H28ClN3O3S. The van der Waals surface area contributed by atoms with Crippen molar-refractivity contribution in [3.05, 3.63) is 58.6 Å². The van der Waals surface area contributed by atoms with Crippen LogP contribution in [-0.4, -0.2) is 57.7 Å². The number of sulfonamides is 1. The average Bonchev–Trinajstić information content (AvgIpc) is 2.69.